The summed E-state index contributed by atoms with van der Waals surface area (Å²) < 4.78 is 0. The van der Waals surface area contributed by atoms with E-state index in [0.717, 1.165) is 32.4 Å². The predicted octanol–water partition coefficient (Wildman–Crippen LogP) is 4.41. The van der Waals surface area contributed by atoms with Crippen molar-refractivity contribution in [1.29, 1.82) is 0 Å². The van der Waals surface area contributed by atoms with Gasteiger partial charge >= 0.3 is 5.97 Å². The molecule has 0 atom stereocenters. The van der Waals surface area contributed by atoms with Crippen molar-refractivity contribution in [2.24, 2.45) is 11.3 Å². The predicted molar refractivity (Wildman–Crippen MR) is 86.0 cm³/mol. The Labute approximate surface area is 125 Å². The van der Waals surface area contributed by atoms with Crippen LogP contribution in [-0.2, 0) is 4.79 Å². The number of carboxylic acid groups (broad SMARTS) is 1. The molecule has 20 heavy (non-hydrogen) atoms. The Morgan fingerprint density at radius 1 is 1.15 bits per heavy atom. The number of carboxylic acids is 1. The van der Waals surface area contributed by atoms with E-state index in [0.29, 0.717) is 12.0 Å². The molecule has 0 aromatic carbocycles. The molecule has 1 N–H and O–H groups in total. The molecule has 0 saturated carbocycles. The number of rotatable bonds is 11. The first kappa shape index (κ1) is 19.4. The summed E-state index contributed by atoms with van der Waals surface area (Å²) in [6, 6.07) is 0.671. The van der Waals surface area contributed by atoms with Gasteiger partial charge in [0.15, 0.2) is 0 Å². The minimum Gasteiger partial charge on any atom is -0.481 e. The van der Waals surface area contributed by atoms with Gasteiger partial charge in [0.25, 0.3) is 0 Å². The van der Waals surface area contributed by atoms with Crippen LogP contribution in [0.5, 0.6) is 0 Å². The van der Waals surface area contributed by atoms with Gasteiger partial charge in [-0.15, -0.1) is 0 Å². The van der Waals surface area contributed by atoms with Crippen molar-refractivity contribution in [1.82, 2.24) is 4.90 Å². The van der Waals surface area contributed by atoms with Crippen molar-refractivity contribution >= 4 is 5.97 Å². The second-order valence-corrected chi connectivity index (χ2v) is 7.01. The Hall–Kier alpha value is -0.570. The maximum atomic E-state index is 11.1. The van der Waals surface area contributed by atoms with E-state index in [2.05, 4.69) is 32.6 Å². The second-order valence-electron chi connectivity index (χ2n) is 7.01. The smallest absolute Gasteiger partial charge is 0.309 e. The summed E-state index contributed by atoms with van der Waals surface area (Å²) in [4.78, 5) is 13.7. The number of hydrogen-bond acceptors (Lipinski definition) is 2. The molecule has 0 aliphatic rings. The normalized spacial score (nSPS) is 12.7. The van der Waals surface area contributed by atoms with Crippen molar-refractivity contribution < 1.29 is 9.90 Å². The minimum absolute atomic E-state index is 0.586. The highest BCUT2D eigenvalue weighted by Crippen LogP contribution is 2.23. The van der Waals surface area contributed by atoms with Crippen LogP contribution in [0.4, 0.5) is 0 Å². The molecular weight excluding hydrogens is 250 g/mol. The fourth-order valence-electron chi connectivity index (χ4n) is 2.69. The van der Waals surface area contributed by atoms with Crippen LogP contribution in [0, 0.1) is 11.3 Å². The van der Waals surface area contributed by atoms with Gasteiger partial charge in [-0.05, 0) is 52.0 Å². The van der Waals surface area contributed by atoms with Crippen molar-refractivity contribution in [2.75, 3.05) is 13.1 Å². The lowest BCUT2D eigenvalue weighted by molar-refractivity contribution is -0.147. The molecule has 0 aromatic rings. The summed E-state index contributed by atoms with van der Waals surface area (Å²) in [5.41, 5.74) is -0.586. The van der Waals surface area contributed by atoms with Gasteiger partial charge in [-0.2, -0.15) is 0 Å². The molecule has 0 fully saturated rings. The minimum atomic E-state index is -0.684. The number of unbranched alkanes of at least 4 members (excludes halogenated alkanes) is 1. The van der Waals surface area contributed by atoms with Gasteiger partial charge in [-0.25, -0.2) is 0 Å². The molecule has 0 unspecified atom stereocenters. The Balaban J connectivity index is 4.23. The molecule has 0 aliphatic carbocycles. The van der Waals surface area contributed by atoms with Crippen LogP contribution in [0.15, 0.2) is 0 Å². The molecule has 0 aliphatic heterocycles. The largest absolute Gasteiger partial charge is 0.481 e. The molecule has 120 valence electrons. The molecule has 0 spiro atoms. The van der Waals surface area contributed by atoms with Crippen molar-refractivity contribution in [3.8, 4) is 0 Å². The van der Waals surface area contributed by atoms with Gasteiger partial charge in [0.1, 0.15) is 0 Å². The lowest BCUT2D eigenvalue weighted by atomic mass is 9.87. The summed E-state index contributed by atoms with van der Waals surface area (Å²) in [6.45, 7) is 14.9. The van der Waals surface area contributed by atoms with Crippen LogP contribution in [0.25, 0.3) is 0 Å². The van der Waals surface area contributed by atoms with E-state index in [4.69, 9.17) is 5.11 Å². The molecule has 3 heteroatoms. The summed E-state index contributed by atoms with van der Waals surface area (Å²) in [7, 11) is 0. The van der Waals surface area contributed by atoms with Gasteiger partial charge in [0.05, 0.1) is 5.41 Å². The molecule has 3 nitrogen and oxygen atoms in total. The number of aliphatic carboxylic acids is 1. The first-order valence-corrected chi connectivity index (χ1v) is 8.22. The third kappa shape index (κ3) is 7.28. The van der Waals surface area contributed by atoms with Gasteiger partial charge < -0.3 is 10.0 Å². The van der Waals surface area contributed by atoms with Gasteiger partial charge in [0.2, 0.25) is 0 Å². The quantitative estimate of drug-likeness (QED) is 0.571. The Kier molecular flexibility index (Phi) is 9.11. The first-order valence-electron chi connectivity index (χ1n) is 8.22. The monoisotopic (exact) mass is 285 g/mol. The Bertz CT molecular complexity index is 270. The van der Waals surface area contributed by atoms with Crippen molar-refractivity contribution in [3.05, 3.63) is 0 Å². The van der Waals surface area contributed by atoms with Crippen LogP contribution in [0.2, 0.25) is 0 Å². The van der Waals surface area contributed by atoms with E-state index in [1.54, 1.807) is 0 Å². The second kappa shape index (κ2) is 9.38. The number of hydrogen-bond donors (Lipinski definition) is 1. The molecule has 0 radical (unpaired) electrons. The highest BCUT2D eigenvalue weighted by atomic mass is 16.4. The fourth-order valence-corrected chi connectivity index (χ4v) is 2.69. The highest BCUT2D eigenvalue weighted by molar-refractivity contribution is 5.73. The standard InChI is InChI=1S/C17H35NO2/c1-7-15(8-2)18(13-14(3)4)12-10-9-11-17(5,6)16(19)20/h14-15H,7-13H2,1-6H3,(H,19,20). The van der Waals surface area contributed by atoms with E-state index < -0.39 is 11.4 Å². The first-order chi connectivity index (χ1) is 9.24. The zero-order valence-electron chi connectivity index (χ0n) is 14.4. The van der Waals surface area contributed by atoms with Crippen molar-refractivity contribution in [3.63, 3.8) is 0 Å². The van der Waals surface area contributed by atoms with E-state index >= 15 is 0 Å². The molecular formula is C17H35NO2. The van der Waals surface area contributed by atoms with E-state index in [1.807, 2.05) is 13.8 Å². The summed E-state index contributed by atoms with van der Waals surface area (Å²) in [5, 5.41) is 9.12. The average Bonchev–Trinajstić information content (AvgIpc) is 2.34. The third-order valence-electron chi connectivity index (χ3n) is 4.13. The average molecular weight is 285 g/mol. The van der Waals surface area contributed by atoms with Crippen LogP contribution in [0.1, 0.15) is 73.6 Å². The lowest BCUT2D eigenvalue weighted by Gasteiger charge is -2.32. The highest BCUT2D eigenvalue weighted by Gasteiger charge is 2.26. The summed E-state index contributed by atoms with van der Waals surface area (Å²) >= 11 is 0. The summed E-state index contributed by atoms with van der Waals surface area (Å²) in [5.74, 6) is 0.00240. The van der Waals surface area contributed by atoms with Gasteiger partial charge in [0, 0.05) is 12.6 Å². The topological polar surface area (TPSA) is 40.5 Å². The summed E-state index contributed by atoms with van der Waals surface area (Å²) in [6.07, 6.45) is 5.25. The van der Waals surface area contributed by atoms with E-state index in [9.17, 15) is 4.79 Å². The Morgan fingerprint density at radius 3 is 2.10 bits per heavy atom. The number of nitrogens with zero attached hydrogens (tertiary/aromatic N) is 1. The zero-order chi connectivity index (χ0) is 15.8. The van der Waals surface area contributed by atoms with E-state index in [1.165, 1.54) is 12.8 Å². The van der Waals surface area contributed by atoms with Crippen LogP contribution in [0.3, 0.4) is 0 Å². The van der Waals surface area contributed by atoms with Gasteiger partial charge in [-0.1, -0.05) is 34.1 Å². The lowest BCUT2D eigenvalue weighted by Crippen LogP contribution is -2.38. The van der Waals surface area contributed by atoms with Gasteiger partial charge in [-0.3, -0.25) is 4.79 Å². The van der Waals surface area contributed by atoms with Crippen molar-refractivity contribution in [2.45, 2.75) is 79.7 Å². The molecule has 0 rings (SSSR count). The van der Waals surface area contributed by atoms with Crippen LogP contribution >= 0.6 is 0 Å². The molecule has 0 heterocycles. The SMILES string of the molecule is CCC(CC)N(CCCCC(C)(C)C(=O)O)CC(C)C. The Morgan fingerprint density at radius 2 is 1.70 bits per heavy atom. The zero-order valence-corrected chi connectivity index (χ0v) is 14.4. The maximum absolute atomic E-state index is 11.1. The van der Waals surface area contributed by atoms with E-state index in [-0.39, 0.29) is 0 Å². The third-order valence-corrected chi connectivity index (χ3v) is 4.13. The maximum Gasteiger partial charge on any atom is 0.309 e. The molecule has 0 aromatic heterocycles. The molecule has 0 bridgehead atoms. The molecule has 0 amide bonds. The van der Waals surface area contributed by atoms with Crippen LogP contribution in [-0.4, -0.2) is 35.1 Å². The molecule has 0 saturated heterocycles. The van der Waals surface area contributed by atoms with Crippen LogP contribution < -0.4 is 0 Å². The fraction of sp³-hybridized carbons (Fsp3) is 0.941. The number of carbonyl (C=O) groups is 1.